The lowest BCUT2D eigenvalue weighted by Crippen LogP contribution is -2.40. The highest BCUT2D eigenvalue weighted by atomic mass is 16.6. The van der Waals surface area contributed by atoms with E-state index in [1.807, 2.05) is 30.3 Å². The first-order valence-electron chi connectivity index (χ1n) is 7.18. The van der Waals surface area contributed by atoms with E-state index >= 15 is 0 Å². The van der Waals surface area contributed by atoms with Gasteiger partial charge in [-0.25, -0.2) is 0 Å². The topological polar surface area (TPSA) is 50.8 Å². The second-order valence-electron chi connectivity index (χ2n) is 6.33. The van der Waals surface area contributed by atoms with Crippen LogP contribution in [0.4, 0.5) is 0 Å². The molecule has 1 unspecified atom stereocenters. The maximum Gasteiger partial charge on any atom is 0.142 e. The Balaban J connectivity index is 1.95. The van der Waals surface area contributed by atoms with Crippen molar-refractivity contribution in [2.45, 2.75) is 32.9 Å². The Bertz CT molecular complexity index is 451. The second-order valence-corrected chi connectivity index (χ2v) is 6.33. The number of nitrogens with two attached hydrogens (primary N) is 1. The van der Waals surface area contributed by atoms with Crippen LogP contribution in [0, 0.1) is 5.92 Å². The minimum Gasteiger partial charge on any atom is -0.391 e. The fourth-order valence-electron chi connectivity index (χ4n) is 2.35. The predicted octanol–water partition coefficient (Wildman–Crippen LogP) is 2.25. The zero-order chi connectivity index (χ0) is 14.6. The van der Waals surface area contributed by atoms with Crippen LogP contribution >= 0.6 is 0 Å². The number of benzene rings is 1. The summed E-state index contributed by atoms with van der Waals surface area (Å²) in [5.74, 6) is 0.310. The standard InChI is InChI=1S/C16H25N3O/c1-16(2,3)19-10-14(9-17)15(11-19)18-20-12-13-7-5-4-6-8-13/h4-8,14H,9-12,17H2,1-3H3/b18-15-. The molecule has 0 radical (unpaired) electrons. The maximum absolute atomic E-state index is 5.85. The Kier molecular flexibility index (Phi) is 4.78. The van der Waals surface area contributed by atoms with Crippen LogP contribution in [0.5, 0.6) is 0 Å². The van der Waals surface area contributed by atoms with Crippen molar-refractivity contribution < 1.29 is 4.84 Å². The van der Waals surface area contributed by atoms with Crippen LogP contribution in [0.1, 0.15) is 26.3 Å². The van der Waals surface area contributed by atoms with Crippen LogP contribution < -0.4 is 5.73 Å². The summed E-state index contributed by atoms with van der Waals surface area (Å²) in [6.45, 7) is 9.60. The van der Waals surface area contributed by atoms with Gasteiger partial charge in [-0.3, -0.25) is 4.90 Å². The van der Waals surface area contributed by atoms with E-state index in [1.54, 1.807) is 0 Å². The van der Waals surface area contributed by atoms with Gasteiger partial charge in [-0.1, -0.05) is 35.5 Å². The van der Waals surface area contributed by atoms with Gasteiger partial charge < -0.3 is 10.6 Å². The van der Waals surface area contributed by atoms with Crippen molar-refractivity contribution in [2.75, 3.05) is 19.6 Å². The molecular formula is C16H25N3O. The van der Waals surface area contributed by atoms with Gasteiger partial charge in [0.25, 0.3) is 0 Å². The lowest BCUT2D eigenvalue weighted by Gasteiger charge is -2.31. The van der Waals surface area contributed by atoms with E-state index in [0.717, 1.165) is 24.4 Å². The van der Waals surface area contributed by atoms with Crippen molar-refractivity contribution >= 4 is 5.71 Å². The van der Waals surface area contributed by atoms with Gasteiger partial charge in [-0.15, -0.1) is 0 Å². The minimum absolute atomic E-state index is 0.143. The molecule has 1 aromatic rings. The monoisotopic (exact) mass is 275 g/mol. The lowest BCUT2D eigenvalue weighted by atomic mass is 10.1. The van der Waals surface area contributed by atoms with Gasteiger partial charge in [0.15, 0.2) is 0 Å². The molecule has 0 bridgehead atoms. The van der Waals surface area contributed by atoms with Crippen molar-refractivity contribution in [3.8, 4) is 0 Å². The molecule has 4 nitrogen and oxygen atoms in total. The SMILES string of the molecule is CC(C)(C)N1C/C(=N/OCc2ccccc2)C(CN)C1. The van der Waals surface area contributed by atoms with Gasteiger partial charge >= 0.3 is 0 Å². The van der Waals surface area contributed by atoms with Crippen LogP contribution in [0.15, 0.2) is 35.5 Å². The van der Waals surface area contributed by atoms with E-state index in [1.165, 1.54) is 0 Å². The van der Waals surface area contributed by atoms with Crippen molar-refractivity contribution in [1.82, 2.24) is 4.90 Å². The first-order valence-corrected chi connectivity index (χ1v) is 7.18. The molecule has 2 N–H and O–H groups in total. The molecule has 0 spiro atoms. The van der Waals surface area contributed by atoms with E-state index in [4.69, 9.17) is 10.6 Å². The molecular weight excluding hydrogens is 250 g/mol. The van der Waals surface area contributed by atoms with Crippen molar-refractivity contribution in [2.24, 2.45) is 16.8 Å². The first kappa shape index (κ1) is 15.0. The molecule has 20 heavy (non-hydrogen) atoms. The Morgan fingerprint density at radius 2 is 2.00 bits per heavy atom. The van der Waals surface area contributed by atoms with E-state index in [2.05, 4.69) is 30.8 Å². The summed E-state index contributed by atoms with van der Waals surface area (Å²) in [4.78, 5) is 7.90. The third kappa shape index (κ3) is 3.81. The van der Waals surface area contributed by atoms with Crippen LogP contribution in [-0.2, 0) is 11.4 Å². The fourth-order valence-corrected chi connectivity index (χ4v) is 2.35. The zero-order valence-corrected chi connectivity index (χ0v) is 12.7. The third-order valence-corrected chi connectivity index (χ3v) is 3.75. The lowest BCUT2D eigenvalue weighted by molar-refractivity contribution is 0.128. The molecule has 1 atom stereocenters. The molecule has 0 saturated carbocycles. The largest absolute Gasteiger partial charge is 0.391 e. The van der Waals surface area contributed by atoms with Crippen molar-refractivity contribution in [1.29, 1.82) is 0 Å². The van der Waals surface area contributed by atoms with Crippen LogP contribution in [0.3, 0.4) is 0 Å². The van der Waals surface area contributed by atoms with E-state index < -0.39 is 0 Å². The molecule has 1 saturated heterocycles. The number of rotatable bonds is 4. The zero-order valence-electron chi connectivity index (χ0n) is 12.7. The Hall–Kier alpha value is -1.39. The van der Waals surface area contributed by atoms with Gasteiger partial charge in [0.1, 0.15) is 6.61 Å². The molecule has 2 rings (SSSR count). The highest BCUT2D eigenvalue weighted by Crippen LogP contribution is 2.22. The summed E-state index contributed by atoms with van der Waals surface area (Å²) in [7, 11) is 0. The molecule has 1 fully saturated rings. The predicted molar refractivity (Wildman–Crippen MR) is 82.5 cm³/mol. The van der Waals surface area contributed by atoms with E-state index in [0.29, 0.717) is 19.1 Å². The normalized spacial score (nSPS) is 22.4. The Labute approximate surface area is 121 Å². The Morgan fingerprint density at radius 1 is 1.30 bits per heavy atom. The van der Waals surface area contributed by atoms with E-state index in [9.17, 15) is 0 Å². The van der Waals surface area contributed by atoms with Crippen molar-refractivity contribution in [3.05, 3.63) is 35.9 Å². The molecule has 0 amide bonds. The molecule has 0 aromatic heterocycles. The van der Waals surface area contributed by atoms with Gasteiger partial charge in [-0.2, -0.15) is 0 Å². The van der Waals surface area contributed by atoms with Gasteiger partial charge in [0, 0.05) is 31.1 Å². The molecule has 0 aliphatic carbocycles. The summed E-state index contributed by atoms with van der Waals surface area (Å²) >= 11 is 0. The van der Waals surface area contributed by atoms with Crippen LogP contribution in [0.25, 0.3) is 0 Å². The molecule has 4 heteroatoms. The maximum atomic E-state index is 5.85. The Morgan fingerprint density at radius 3 is 2.60 bits per heavy atom. The number of likely N-dealkylation sites (tertiary alicyclic amines) is 1. The number of hydrogen-bond donors (Lipinski definition) is 1. The summed E-state index contributed by atoms with van der Waals surface area (Å²) in [5, 5.41) is 4.33. The highest BCUT2D eigenvalue weighted by Gasteiger charge is 2.34. The summed E-state index contributed by atoms with van der Waals surface area (Å²) < 4.78 is 0. The molecule has 1 aromatic carbocycles. The van der Waals surface area contributed by atoms with Gasteiger partial charge in [0.05, 0.1) is 5.71 Å². The smallest absolute Gasteiger partial charge is 0.142 e. The molecule has 1 aliphatic heterocycles. The number of oxime groups is 1. The molecule has 110 valence electrons. The molecule has 1 heterocycles. The van der Waals surface area contributed by atoms with Crippen LogP contribution in [-0.4, -0.2) is 35.8 Å². The fraction of sp³-hybridized carbons (Fsp3) is 0.562. The number of hydrogen-bond acceptors (Lipinski definition) is 4. The summed E-state index contributed by atoms with van der Waals surface area (Å²) in [6, 6.07) is 10.1. The van der Waals surface area contributed by atoms with Gasteiger partial charge in [-0.05, 0) is 26.3 Å². The minimum atomic E-state index is 0.143. The summed E-state index contributed by atoms with van der Waals surface area (Å²) in [5.41, 5.74) is 8.19. The molecule has 1 aliphatic rings. The van der Waals surface area contributed by atoms with Gasteiger partial charge in [0.2, 0.25) is 0 Å². The summed E-state index contributed by atoms with van der Waals surface area (Å²) in [6.07, 6.45) is 0. The first-order chi connectivity index (χ1) is 9.50. The average Bonchev–Trinajstić information content (AvgIpc) is 2.83. The third-order valence-electron chi connectivity index (χ3n) is 3.75. The second kappa shape index (κ2) is 6.37. The van der Waals surface area contributed by atoms with E-state index in [-0.39, 0.29) is 5.54 Å². The number of nitrogens with zero attached hydrogens (tertiary/aromatic N) is 2. The quantitative estimate of drug-likeness (QED) is 0.857. The highest BCUT2D eigenvalue weighted by molar-refractivity contribution is 5.90. The van der Waals surface area contributed by atoms with Crippen LogP contribution in [0.2, 0.25) is 0 Å². The van der Waals surface area contributed by atoms with Crippen molar-refractivity contribution in [3.63, 3.8) is 0 Å². The average molecular weight is 275 g/mol.